The molecule has 3 amide bonds. The summed E-state index contributed by atoms with van der Waals surface area (Å²) in [6, 6.07) is 6.53. The summed E-state index contributed by atoms with van der Waals surface area (Å²) in [5.41, 5.74) is 1.17. The van der Waals surface area contributed by atoms with E-state index in [-0.39, 0.29) is 52.7 Å². The Hall–Kier alpha value is -4.35. The topological polar surface area (TPSA) is 135 Å². The van der Waals surface area contributed by atoms with E-state index >= 15 is 0 Å². The molecule has 3 heterocycles. The van der Waals surface area contributed by atoms with Gasteiger partial charge in [-0.25, -0.2) is 13.9 Å². The number of amides is 3. The van der Waals surface area contributed by atoms with E-state index in [4.69, 9.17) is 4.74 Å². The van der Waals surface area contributed by atoms with E-state index < -0.39 is 17.6 Å². The predicted octanol–water partition coefficient (Wildman–Crippen LogP) is 0.816. The van der Waals surface area contributed by atoms with Crippen molar-refractivity contribution in [3.63, 3.8) is 0 Å². The highest BCUT2D eigenvalue weighted by Crippen LogP contribution is 3.10. The van der Waals surface area contributed by atoms with Crippen molar-refractivity contribution in [2.45, 2.75) is 13.0 Å². The molecule has 0 bridgehead atoms. The van der Waals surface area contributed by atoms with Crippen LogP contribution in [0.15, 0.2) is 30.5 Å². The summed E-state index contributed by atoms with van der Waals surface area (Å²) in [6.07, 6.45) is 1.14. The Morgan fingerprint density at radius 2 is 1.80 bits per heavy atom. The quantitative estimate of drug-likeness (QED) is 0.325. The maximum absolute atomic E-state index is 14.5. The largest absolute Gasteiger partial charge is 0.426 e. The van der Waals surface area contributed by atoms with Gasteiger partial charge in [-0.05, 0) is 58.6 Å². The number of nitrogens with zero attached hydrogens (tertiary/aromatic N) is 4. The third-order valence-electron chi connectivity index (χ3n) is 11.2. The fraction of sp³-hybridized carbons (Fsp3) is 0.448. The summed E-state index contributed by atoms with van der Waals surface area (Å²) in [7, 11) is 3.65. The summed E-state index contributed by atoms with van der Waals surface area (Å²) in [4.78, 5) is 56.6. The number of hydrogen-bond acceptors (Lipinski definition) is 7. The lowest BCUT2D eigenvalue weighted by Crippen LogP contribution is -3.12. The van der Waals surface area contributed by atoms with Gasteiger partial charge in [0.25, 0.3) is 11.8 Å². The number of rotatable bonds is 7. The standard InChI is InChI=1S/C29H25FN6O5/c1-35(2)27(40)29-21-18-22(29)20-23(29)19(21)28(18,20)10-32-26(39)15-7-14(34-24-13(30)9-33-36(15)24)25(38)31-8-11-3-4-16-12(5-11)6-17(37)41-16/h3-5,7,9,18-23H,6,8,10H2,1-2H3,(H,31,38)(H,32,39). The van der Waals surface area contributed by atoms with Gasteiger partial charge in [0.05, 0.1) is 18.0 Å². The van der Waals surface area contributed by atoms with Gasteiger partial charge in [0.15, 0.2) is 11.5 Å². The van der Waals surface area contributed by atoms with Crippen molar-refractivity contribution in [3.8, 4) is 5.75 Å². The fourth-order valence-corrected chi connectivity index (χ4v) is 10.0. The van der Waals surface area contributed by atoms with Crippen LogP contribution in [-0.4, -0.2) is 63.8 Å². The molecule has 0 atom stereocenters. The van der Waals surface area contributed by atoms with Gasteiger partial charge in [-0.15, -0.1) is 0 Å². The second kappa shape index (κ2) is 7.10. The number of nitrogens with one attached hydrogen (secondary N) is 2. The van der Waals surface area contributed by atoms with Crippen LogP contribution in [0.5, 0.6) is 5.75 Å². The summed E-state index contributed by atoms with van der Waals surface area (Å²) >= 11 is 0. The first kappa shape index (κ1) is 23.4. The molecule has 0 radical (unpaired) electrons. The lowest BCUT2D eigenvalue weighted by atomic mass is 8.92. The number of carbonyl (C=O) groups is 4. The highest BCUT2D eigenvalue weighted by atomic mass is 19.1. The Bertz CT molecular complexity index is 1740. The van der Waals surface area contributed by atoms with Crippen molar-refractivity contribution < 1.29 is 28.3 Å². The van der Waals surface area contributed by atoms with Crippen molar-refractivity contribution in [1.29, 1.82) is 0 Å². The molecule has 6 fully saturated rings. The van der Waals surface area contributed by atoms with E-state index in [1.165, 1.54) is 6.07 Å². The Kier molecular flexibility index (Phi) is 4.05. The Balaban J connectivity index is 0.913. The van der Waals surface area contributed by atoms with Crippen LogP contribution >= 0.6 is 0 Å². The minimum Gasteiger partial charge on any atom is -0.426 e. The van der Waals surface area contributed by atoms with E-state index in [0.29, 0.717) is 47.8 Å². The molecule has 208 valence electrons. The second-order valence-corrected chi connectivity index (χ2v) is 12.6. The van der Waals surface area contributed by atoms with E-state index in [0.717, 1.165) is 21.8 Å². The number of esters is 1. The fourth-order valence-electron chi connectivity index (χ4n) is 10.0. The molecule has 11 nitrogen and oxygen atoms in total. The van der Waals surface area contributed by atoms with Gasteiger partial charge in [0, 0.05) is 38.8 Å². The summed E-state index contributed by atoms with van der Waals surface area (Å²) in [5, 5.41) is 9.77. The molecule has 7 aliphatic rings. The lowest BCUT2D eigenvalue weighted by molar-refractivity contribution is -0.639. The van der Waals surface area contributed by atoms with Crippen LogP contribution in [0.2, 0.25) is 0 Å². The molecule has 6 saturated carbocycles. The van der Waals surface area contributed by atoms with Crippen LogP contribution < -0.4 is 15.4 Å². The highest BCUT2D eigenvalue weighted by molar-refractivity contribution is 5.98. The zero-order valence-corrected chi connectivity index (χ0v) is 22.2. The van der Waals surface area contributed by atoms with Gasteiger partial charge < -0.3 is 20.3 Å². The van der Waals surface area contributed by atoms with Crippen LogP contribution in [0.25, 0.3) is 5.65 Å². The van der Waals surface area contributed by atoms with Crippen LogP contribution in [0, 0.1) is 52.2 Å². The molecule has 3 aromatic rings. The van der Waals surface area contributed by atoms with Crippen molar-refractivity contribution in [2.24, 2.45) is 46.3 Å². The van der Waals surface area contributed by atoms with E-state index in [2.05, 4.69) is 20.7 Å². The number of ether oxygens (including phenoxy) is 1. The highest BCUT2D eigenvalue weighted by Gasteiger charge is 3.11. The maximum Gasteiger partial charge on any atom is 0.315 e. The molecule has 41 heavy (non-hydrogen) atoms. The zero-order valence-electron chi connectivity index (χ0n) is 22.2. The smallest absolute Gasteiger partial charge is 0.315 e. The van der Waals surface area contributed by atoms with E-state index in [9.17, 15) is 23.6 Å². The Labute approximate surface area is 232 Å². The number of fused-ring (bicyclic) bond motifs is 2. The normalized spacial score (nSPS) is 35.0. The predicted molar refractivity (Wildman–Crippen MR) is 137 cm³/mol. The molecule has 12 heteroatoms. The molecule has 6 aliphatic carbocycles. The number of hydrogen-bond donors (Lipinski definition) is 2. The monoisotopic (exact) mass is 556 g/mol. The number of halogens is 1. The van der Waals surface area contributed by atoms with E-state index in [1.807, 2.05) is 14.1 Å². The van der Waals surface area contributed by atoms with Crippen molar-refractivity contribution in [1.82, 2.24) is 30.1 Å². The molecule has 1 aromatic carbocycles. The lowest BCUT2D eigenvalue weighted by Gasteiger charge is -3.10. The van der Waals surface area contributed by atoms with Gasteiger partial charge in [-0.3, -0.25) is 19.2 Å². The van der Waals surface area contributed by atoms with Crippen molar-refractivity contribution in [2.75, 3.05) is 20.6 Å². The van der Waals surface area contributed by atoms with Gasteiger partial charge >= 0.3 is 5.97 Å². The summed E-state index contributed by atoms with van der Waals surface area (Å²) in [6.45, 7) is 0.644. The number of benzene rings is 1. The summed E-state index contributed by atoms with van der Waals surface area (Å²) in [5.74, 6) is 1.54. The molecule has 0 saturated heterocycles. The summed E-state index contributed by atoms with van der Waals surface area (Å²) < 4.78 is 20.7. The van der Waals surface area contributed by atoms with Gasteiger partial charge in [0.2, 0.25) is 5.91 Å². The zero-order chi connectivity index (χ0) is 28.2. The maximum atomic E-state index is 14.5. The first-order chi connectivity index (χ1) is 19.7. The molecule has 0 spiro atoms. The third kappa shape index (κ3) is 2.36. The van der Waals surface area contributed by atoms with Crippen molar-refractivity contribution >= 4 is 29.3 Å². The second-order valence-electron chi connectivity index (χ2n) is 12.6. The first-order valence-corrected chi connectivity index (χ1v) is 13.8. The number of carbonyl (C=O) groups excluding carboxylic acids is 4. The van der Waals surface area contributed by atoms with E-state index in [1.54, 1.807) is 23.1 Å². The molecule has 2 aromatic heterocycles. The minimum atomic E-state index is -0.742. The Morgan fingerprint density at radius 3 is 2.51 bits per heavy atom. The molecule has 0 unspecified atom stereocenters. The van der Waals surface area contributed by atoms with Gasteiger partial charge in [-0.1, -0.05) is 6.07 Å². The SMILES string of the molecule is CN(C)C(=O)C12C3C4C1C1C2C3C41CNC(=O)c1cc(C(=O)NCc2ccc3c(c2)CC(=O)O3)nc2c(F)cnn12. The average molecular weight is 557 g/mol. The molecular weight excluding hydrogens is 531 g/mol. The molecule has 10 rings (SSSR count). The van der Waals surface area contributed by atoms with Crippen LogP contribution in [0.4, 0.5) is 4.39 Å². The Morgan fingerprint density at radius 1 is 1.07 bits per heavy atom. The number of aromatic nitrogens is 3. The van der Waals surface area contributed by atoms with Gasteiger partial charge in [0.1, 0.15) is 17.1 Å². The average Bonchev–Trinajstić information content (AvgIpc) is 3.54. The first-order valence-electron chi connectivity index (χ1n) is 13.8. The minimum absolute atomic E-state index is 0.0217. The third-order valence-corrected chi connectivity index (χ3v) is 11.2. The van der Waals surface area contributed by atoms with Gasteiger partial charge in [-0.2, -0.15) is 5.10 Å². The van der Waals surface area contributed by atoms with Crippen LogP contribution in [-0.2, 0) is 22.6 Å². The molecule has 2 N–H and O–H groups in total. The van der Waals surface area contributed by atoms with Crippen LogP contribution in [0.3, 0.4) is 0 Å². The van der Waals surface area contributed by atoms with Crippen molar-refractivity contribution in [3.05, 3.63) is 58.8 Å². The molecule has 1 aliphatic heterocycles. The van der Waals surface area contributed by atoms with Crippen LogP contribution in [0.1, 0.15) is 32.1 Å². The molecular formula is C29H25FN6O5.